The maximum absolute atomic E-state index is 15.1. The summed E-state index contributed by atoms with van der Waals surface area (Å²) in [5.74, 6) is -1.59. The van der Waals surface area contributed by atoms with Gasteiger partial charge in [0.25, 0.3) is 11.8 Å². The first-order chi connectivity index (χ1) is 18.7. The number of aryl methyl sites for hydroxylation is 1. The molecule has 3 aromatic rings. The molecule has 0 spiro atoms. The van der Waals surface area contributed by atoms with Crippen molar-refractivity contribution in [2.75, 3.05) is 19.5 Å². The quantitative estimate of drug-likeness (QED) is 0.377. The molecule has 2 atom stereocenters. The molecule has 2 saturated carbocycles. The molecular formula is C26H28ClFN6O4S. The second-order valence-electron chi connectivity index (χ2n) is 9.74. The van der Waals surface area contributed by atoms with E-state index in [1.165, 1.54) is 19.5 Å². The number of nitrogens with zero attached hydrogens (tertiary/aromatic N) is 5. The summed E-state index contributed by atoms with van der Waals surface area (Å²) in [6, 6.07) is 1.61. The molecule has 2 amide bonds. The zero-order valence-electron chi connectivity index (χ0n) is 21.7. The minimum Gasteiger partial charge on any atom is -0.494 e. The number of hydrogen-bond donors (Lipinski definition) is 1. The SMILES string of the molecule is COc1cnc(Cl)c(F)c1-c1cc(C)ncc1C(=O)Nc1nnc(C(=O)N(C)[C@H]2CCC[C@H](OC3CC3)C2)s1. The Hall–Kier alpha value is -3.22. The minimum atomic E-state index is -0.824. The van der Waals surface area contributed by atoms with Crippen LogP contribution in [-0.4, -0.2) is 69.3 Å². The maximum atomic E-state index is 15.1. The van der Waals surface area contributed by atoms with Crippen molar-refractivity contribution in [3.05, 3.63) is 45.7 Å². The van der Waals surface area contributed by atoms with E-state index in [9.17, 15) is 9.59 Å². The highest BCUT2D eigenvalue weighted by atomic mass is 35.5. The summed E-state index contributed by atoms with van der Waals surface area (Å²) >= 11 is 6.89. The molecule has 0 unspecified atom stereocenters. The van der Waals surface area contributed by atoms with E-state index in [0.29, 0.717) is 11.8 Å². The van der Waals surface area contributed by atoms with E-state index in [2.05, 4.69) is 25.5 Å². The molecule has 3 aromatic heterocycles. The van der Waals surface area contributed by atoms with Crippen LogP contribution >= 0.6 is 22.9 Å². The smallest absolute Gasteiger partial charge is 0.284 e. The lowest BCUT2D eigenvalue weighted by Crippen LogP contribution is -2.42. The monoisotopic (exact) mass is 574 g/mol. The lowest BCUT2D eigenvalue weighted by atomic mass is 9.92. The number of anilines is 1. The Morgan fingerprint density at radius 3 is 2.69 bits per heavy atom. The molecule has 0 saturated heterocycles. The Balaban J connectivity index is 1.32. The van der Waals surface area contributed by atoms with Gasteiger partial charge in [0.15, 0.2) is 11.0 Å². The van der Waals surface area contributed by atoms with Gasteiger partial charge in [0.2, 0.25) is 10.1 Å². The molecule has 2 aliphatic carbocycles. The molecular weight excluding hydrogens is 547 g/mol. The summed E-state index contributed by atoms with van der Waals surface area (Å²) in [5, 5.41) is 10.6. The summed E-state index contributed by atoms with van der Waals surface area (Å²) in [7, 11) is 3.13. The Bertz CT molecular complexity index is 1400. The van der Waals surface area contributed by atoms with Crippen LogP contribution in [-0.2, 0) is 4.74 Å². The van der Waals surface area contributed by atoms with Crippen LogP contribution in [0.1, 0.15) is 64.4 Å². The number of rotatable bonds is 8. The van der Waals surface area contributed by atoms with Gasteiger partial charge in [-0.05, 0) is 51.5 Å². The summed E-state index contributed by atoms with van der Waals surface area (Å²) in [6.45, 7) is 1.71. The fourth-order valence-corrected chi connectivity index (χ4v) is 5.58. The minimum absolute atomic E-state index is 0.0145. The lowest BCUT2D eigenvalue weighted by Gasteiger charge is -2.34. The molecule has 0 aliphatic heterocycles. The number of aromatic nitrogens is 4. The molecule has 2 fully saturated rings. The van der Waals surface area contributed by atoms with Crippen LogP contribution in [0.4, 0.5) is 9.52 Å². The molecule has 1 N–H and O–H groups in total. The highest BCUT2D eigenvalue weighted by molar-refractivity contribution is 7.17. The molecule has 206 valence electrons. The van der Waals surface area contributed by atoms with Crippen LogP contribution in [0.25, 0.3) is 11.1 Å². The summed E-state index contributed by atoms with van der Waals surface area (Å²) in [4.78, 5) is 36.1. The number of carbonyl (C=O) groups excluding carboxylic acids is 2. The van der Waals surface area contributed by atoms with Crippen LogP contribution in [0, 0.1) is 12.7 Å². The third-order valence-corrected chi connectivity index (χ3v) is 8.01. The van der Waals surface area contributed by atoms with Crippen molar-refractivity contribution < 1.29 is 23.5 Å². The van der Waals surface area contributed by atoms with Crippen molar-refractivity contribution in [1.29, 1.82) is 0 Å². The largest absolute Gasteiger partial charge is 0.494 e. The van der Waals surface area contributed by atoms with E-state index in [4.69, 9.17) is 21.1 Å². The summed E-state index contributed by atoms with van der Waals surface area (Å²) in [5.41, 5.74) is 0.818. The normalized spacial score (nSPS) is 19.0. The first-order valence-corrected chi connectivity index (χ1v) is 13.9. The highest BCUT2D eigenvalue weighted by Gasteiger charge is 2.33. The van der Waals surface area contributed by atoms with Gasteiger partial charge >= 0.3 is 0 Å². The van der Waals surface area contributed by atoms with Gasteiger partial charge in [-0.15, -0.1) is 10.2 Å². The average Bonchev–Trinajstić information content (AvgIpc) is 3.63. The van der Waals surface area contributed by atoms with E-state index in [-0.39, 0.29) is 55.8 Å². The van der Waals surface area contributed by atoms with Gasteiger partial charge in [-0.1, -0.05) is 22.9 Å². The standard InChI is InChI=1S/C26H28ClFN6O4S/c1-13-9-17(20-19(37-3)12-30-22(27)21(20)28)18(11-29-13)23(35)31-26-33-32-24(39-26)25(36)34(2)14-5-4-6-16(10-14)38-15-7-8-15/h9,11-12,14-16H,4-8,10H2,1-3H3,(H,31,33,35)/t14-,16-/m0/s1. The molecule has 0 bridgehead atoms. The molecule has 13 heteroatoms. The van der Waals surface area contributed by atoms with Crippen molar-refractivity contribution >= 4 is 39.9 Å². The Kier molecular flexibility index (Phi) is 8.06. The average molecular weight is 575 g/mol. The molecule has 0 aromatic carbocycles. The second kappa shape index (κ2) is 11.5. The molecule has 10 nitrogen and oxygen atoms in total. The van der Waals surface area contributed by atoms with E-state index in [1.54, 1.807) is 24.9 Å². The predicted molar refractivity (Wildman–Crippen MR) is 144 cm³/mol. The molecule has 5 rings (SSSR count). The number of amides is 2. The van der Waals surface area contributed by atoms with Crippen molar-refractivity contribution in [1.82, 2.24) is 25.1 Å². The van der Waals surface area contributed by atoms with Crippen LogP contribution in [0.3, 0.4) is 0 Å². The Labute approximate surface area is 233 Å². The van der Waals surface area contributed by atoms with Gasteiger partial charge in [-0.2, -0.15) is 0 Å². The van der Waals surface area contributed by atoms with Crippen LogP contribution in [0.15, 0.2) is 18.5 Å². The third-order valence-electron chi connectivity index (χ3n) is 6.92. The van der Waals surface area contributed by atoms with Crippen LogP contribution in [0.5, 0.6) is 5.75 Å². The first kappa shape index (κ1) is 27.4. The van der Waals surface area contributed by atoms with Gasteiger partial charge in [0, 0.05) is 30.5 Å². The molecule has 2 aliphatic rings. The van der Waals surface area contributed by atoms with E-state index >= 15 is 4.39 Å². The number of nitrogens with one attached hydrogen (secondary N) is 1. The Morgan fingerprint density at radius 1 is 1.15 bits per heavy atom. The fourth-order valence-electron chi connectivity index (χ4n) is 4.71. The lowest BCUT2D eigenvalue weighted by molar-refractivity contribution is -0.00525. The summed E-state index contributed by atoms with van der Waals surface area (Å²) in [6.07, 6.45) is 9.11. The van der Waals surface area contributed by atoms with Gasteiger partial charge in [0.05, 0.1) is 36.6 Å². The van der Waals surface area contributed by atoms with E-state index in [1.807, 2.05) is 0 Å². The maximum Gasteiger partial charge on any atom is 0.284 e. The van der Waals surface area contributed by atoms with E-state index in [0.717, 1.165) is 49.9 Å². The third kappa shape index (κ3) is 6.02. The molecule has 39 heavy (non-hydrogen) atoms. The van der Waals surface area contributed by atoms with Gasteiger partial charge in [0.1, 0.15) is 5.75 Å². The van der Waals surface area contributed by atoms with Crippen molar-refractivity contribution in [3.63, 3.8) is 0 Å². The number of halogens is 2. The topological polar surface area (TPSA) is 119 Å². The number of carbonyl (C=O) groups is 2. The number of methoxy groups -OCH3 is 1. The zero-order valence-corrected chi connectivity index (χ0v) is 23.3. The molecule has 3 heterocycles. The summed E-state index contributed by atoms with van der Waals surface area (Å²) < 4.78 is 26.4. The van der Waals surface area contributed by atoms with Gasteiger partial charge in [-0.25, -0.2) is 9.37 Å². The second-order valence-corrected chi connectivity index (χ2v) is 11.1. The number of hydrogen-bond acceptors (Lipinski definition) is 9. The Morgan fingerprint density at radius 2 is 1.95 bits per heavy atom. The highest BCUT2D eigenvalue weighted by Crippen LogP contribution is 2.37. The van der Waals surface area contributed by atoms with Crippen molar-refractivity contribution in [2.24, 2.45) is 0 Å². The molecule has 0 radical (unpaired) electrons. The van der Waals surface area contributed by atoms with Crippen LogP contribution < -0.4 is 10.1 Å². The zero-order chi connectivity index (χ0) is 27.7. The van der Waals surface area contributed by atoms with Gasteiger partial charge in [-0.3, -0.25) is 19.9 Å². The fraction of sp³-hybridized carbons (Fsp3) is 0.462. The number of ether oxygens (including phenoxy) is 2. The van der Waals surface area contributed by atoms with Gasteiger partial charge < -0.3 is 14.4 Å². The number of pyridine rings is 2. The first-order valence-electron chi connectivity index (χ1n) is 12.7. The van der Waals surface area contributed by atoms with E-state index < -0.39 is 11.7 Å². The van der Waals surface area contributed by atoms with Crippen LogP contribution in [0.2, 0.25) is 5.15 Å². The van der Waals surface area contributed by atoms with Crippen molar-refractivity contribution in [2.45, 2.75) is 63.7 Å². The predicted octanol–water partition coefficient (Wildman–Crippen LogP) is 4.92. The van der Waals surface area contributed by atoms with Crippen molar-refractivity contribution in [3.8, 4) is 16.9 Å².